The number of amides is 1. The fraction of sp³-hybridized carbons (Fsp3) is 0.857. The van der Waals surface area contributed by atoms with Crippen LogP contribution in [0.2, 0.25) is 0 Å². The summed E-state index contributed by atoms with van der Waals surface area (Å²) in [6, 6.07) is -0.689. The van der Waals surface area contributed by atoms with Crippen LogP contribution in [-0.4, -0.2) is 51.1 Å². The van der Waals surface area contributed by atoms with Gasteiger partial charge in [-0.3, -0.25) is 4.79 Å². The highest BCUT2D eigenvalue weighted by molar-refractivity contribution is 8.00. The number of nitrogens with one attached hydrogen (secondary N) is 1. The molecule has 20 heavy (non-hydrogen) atoms. The van der Waals surface area contributed by atoms with Gasteiger partial charge in [-0.2, -0.15) is 0 Å². The third-order valence-corrected chi connectivity index (χ3v) is 6.00. The first-order chi connectivity index (χ1) is 9.43. The molecule has 0 saturated carbocycles. The lowest BCUT2D eigenvalue weighted by molar-refractivity contribution is -0.152. The Bertz CT molecular complexity index is 394. The van der Waals surface area contributed by atoms with Crippen LogP contribution < -0.4 is 5.32 Å². The Morgan fingerprint density at radius 1 is 1.50 bits per heavy atom. The molecule has 0 aromatic carbocycles. The number of rotatable bonds is 4. The van der Waals surface area contributed by atoms with Crippen LogP contribution in [-0.2, 0) is 9.59 Å². The van der Waals surface area contributed by atoms with E-state index in [0.717, 1.165) is 19.4 Å². The van der Waals surface area contributed by atoms with E-state index in [1.165, 1.54) is 0 Å². The highest BCUT2D eigenvalue weighted by Gasteiger charge is 2.50. The van der Waals surface area contributed by atoms with Gasteiger partial charge in [-0.05, 0) is 31.7 Å². The molecule has 0 spiro atoms. The minimum absolute atomic E-state index is 0.0198. The van der Waals surface area contributed by atoms with E-state index in [1.807, 2.05) is 20.8 Å². The minimum atomic E-state index is -0.891. The fourth-order valence-corrected chi connectivity index (χ4v) is 4.65. The molecule has 3 atom stereocenters. The predicted molar refractivity (Wildman–Crippen MR) is 79.6 cm³/mol. The zero-order valence-electron chi connectivity index (χ0n) is 12.4. The topological polar surface area (TPSA) is 69.6 Å². The molecule has 2 heterocycles. The zero-order chi connectivity index (χ0) is 14.9. The van der Waals surface area contributed by atoms with E-state index in [-0.39, 0.29) is 17.2 Å². The van der Waals surface area contributed by atoms with Crippen LogP contribution in [0.1, 0.15) is 40.0 Å². The smallest absolute Gasteiger partial charge is 0.327 e. The number of carbonyl (C=O) groups is 2. The predicted octanol–water partition coefficient (Wildman–Crippen LogP) is 1.53. The second-order valence-electron chi connectivity index (χ2n) is 6.00. The van der Waals surface area contributed by atoms with Gasteiger partial charge in [-0.1, -0.05) is 20.8 Å². The Morgan fingerprint density at radius 2 is 2.20 bits per heavy atom. The number of hydrogen-bond donors (Lipinski definition) is 2. The van der Waals surface area contributed by atoms with Crippen molar-refractivity contribution >= 4 is 23.6 Å². The first-order valence-corrected chi connectivity index (χ1v) is 8.40. The number of carboxylic acid groups (broad SMARTS) is 1. The number of carboxylic acids is 1. The van der Waals surface area contributed by atoms with Gasteiger partial charge in [0.25, 0.3) is 0 Å². The Hall–Kier alpha value is -0.750. The SMILES string of the molecule is CCC1(C(=O)N2C(C(=O)O)CSC2C(C)C)CCCN1. The Labute approximate surface area is 124 Å². The molecule has 2 saturated heterocycles. The molecule has 0 bridgehead atoms. The summed E-state index contributed by atoms with van der Waals surface area (Å²) in [7, 11) is 0. The largest absolute Gasteiger partial charge is 0.480 e. The highest BCUT2D eigenvalue weighted by atomic mass is 32.2. The van der Waals surface area contributed by atoms with Crippen molar-refractivity contribution in [1.82, 2.24) is 10.2 Å². The summed E-state index contributed by atoms with van der Waals surface area (Å²) in [6.45, 7) is 6.93. The molecule has 2 aliphatic rings. The lowest BCUT2D eigenvalue weighted by Gasteiger charge is -2.37. The number of carbonyl (C=O) groups excluding carboxylic acids is 1. The molecule has 2 aliphatic heterocycles. The molecule has 6 heteroatoms. The monoisotopic (exact) mass is 300 g/mol. The molecule has 3 unspecified atom stereocenters. The van der Waals surface area contributed by atoms with Crippen LogP contribution in [0.5, 0.6) is 0 Å². The average molecular weight is 300 g/mol. The third kappa shape index (κ3) is 2.55. The van der Waals surface area contributed by atoms with Crippen LogP contribution in [0, 0.1) is 5.92 Å². The van der Waals surface area contributed by atoms with E-state index in [9.17, 15) is 14.7 Å². The maximum Gasteiger partial charge on any atom is 0.327 e. The van der Waals surface area contributed by atoms with Gasteiger partial charge < -0.3 is 15.3 Å². The Balaban J connectivity index is 2.29. The Morgan fingerprint density at radius 3 is 2.65 bits per heavy atom. The maximum absolute atomic E-state index is 13.0. The van der Waals surface area contributed by atoms with Crippen molar-refractivity contribution in [1.29, 1.82) is 0 Å². The summed E-state index contributed by atoms with van der Waals surface area (Å²) in [5, 5.41) is 12.7. The molecule has 1 amide bonds. The normalized spacial score (nSPS) is 33.9. The van der Waals surface area contributed by atoms with E-state index < -0.39 is 17.6 Å². The summed E-state index contributed by atoms with van der Waals surface area (Å²) < 4.78 is 0. The second kappa shape index (κ2) is 5.93. The van der Waals surface area contributed by atoms with Crippen molar-refractivity contribution in [2.45, 2.75) is 57.0 Å². The molecule has 2 fully saturated rings. The molecule has 0 aliphatic carbocycles. The minimum Gasteiger partial charge on any atom is -0.480 e. The van der Waals surface area contributed by atoms with Gasteiger partial charge in [0.05, 0.1) is 10.9 Å². The van der Waals surface area contributed by atoms with E-state index in [1.54, 1.807) is 16.7 Å². The summed E-state index contributed by atoms with van der Waals surface area (Å²) in [5.74, 6) is -0.167. The molecule has 5 nitrogen and oxygen atoms in total. The van der Waals surface area contributed by atoms with Crippen LogP contribution in [0.15, 0.2) is 0 Å². The standard InChI is InChI=1S/C14H24N2O3S/c1-4-14(6-5-7-15-14)13(19)16-10(12(17)18)8-20-11(16)9(2)3/h9-11,15H,4-8H2,1-3H3,(H,17,18). The molecule has 0 radical (unpaired) electrons. The molecule has 0 aromatic rings. The number of nitrogens with zero attached hydrogens (tertiary/aromatic N) is 1. The highest BCUT2D eigenvalue weighted by Crippen LogP contribution is 2.38. The second-order valence-corrected chi connectivity index (χ2v) is 7.15. The van der Waals surface area contributed by atoms with Crippen LogP contribution in [0.25, 0.3) is 0 Å². The molecule has 2 N–H and O–H groups in total. The molecular formula is C14H24N2O3S. The molecule has 2 rings (SSSR count). The zero-order valence-corrected chi connectivity index (χ0v) is 13.2. The quantitative estimate of drug-likeness (QED) is 0.824. The first-order valence-electron chi connectivity index (χ1n) is 7.35. The van der Waals surface area contributed by atoms with Crippen molar-refractivity contribution < 1.29 is 14.7 Å². The van der Waals surface area contributed by atoms with Crippen LogP contribution in [0.3, 0.4) is 0 Å². The number of aliphatic carboxylic acids is 1. The lowest BCUT2D eigenvalue weighted by Crippen LogP contribution is -2.59. The van der Waals surface area contributed by atoms with Gasteiger partial charge in [0.1, 0.15) is 6.04 Å². The first kappa shape index (κ1) is 15.6. The van der Waals surface area contributed by atoms with Crippen molar-refractivity contribution in [3.05, 3.63) is 0 Å². The maximum atomic E-state index is 13.0. The van der Waals surface area contributed by atoms with Gasteiger partial charge in [0.2, 0.25) is 5.91 Å². The van der Waals surface area contributed by atoms with Crippen molar-refractivity contribution in [2.24, 2.45) is 5.92 Å². The van der Waals surface area contributed by atoms with E-state index in [4.69, 9.17) is 0 Å². The van der Waals surface area contributed by atoms with E-state index >= 15 is 0 Å². The van der Waals surface area contributed by atoms with E-state index in [0.29, 0.717) is 12.2 Å². The van der Waals surface area contributed by atoms with Gasteiger partial charge >= 0.3 is 5.97 Å². The van der Waals surface area contributed by atoms with Gasteiger partial charge in [0.15, 0.2) is 0 Å². The van der Waals surface area contributed by atoms with Gasteiger partial charge in [-0.25, -0.2) is 4.79 Å². The number of thioether (sulfide) groups is 1. The van der Waals surface area contributed by atoms with Crippen molar-refractivity contribution in [3.8, 4) is 0 Å². The van der Waals surface area contributed by atoms with Crippen molar-refractivity contribution in [3.63, 3.8) is 0 Å². The molecule has 0 aromatic heterocycles. The van der Waals surface area contributed by atoms with Crippen molar-refractivity contribution in [2.75, 3.05) is 12.3 Å². The Kier molecular flexibility index (Phi) is 4.64. The van der Waals surface area contributed by atoms with Crippen LogP contribution in [0.4, 0.5) is 0 Å². The number of hydrogen-bond acceptors (Lipinski definition) is 4. The van der Waals surface area contributed by atoms with Gasteiger partial charge in [-0.15, -0.1) is 11.8 Å². The summed E-state index contributed by atoms with van der Waals surface area (Å²) in [5.41, 5.74) is -0.550. The molecule has 114 valence electrons. The average Bonchev–Trinajstić information content (AvgIpc) is 3.05. The summed E-state index contributed by atoms with van der Waals surface area (Å²) in [6.07, 6.45) is 2.50. The fourth-order valence-electron chi connectivity index (χ4n) is 3.18. The summed E-state index contributed by atoms with van der Waals surface area (Å²) >= 11 is 1.59. The lowest BCUT2D eigenvalue weighted by atomic mass is 9.91. The molecular weight excluding hydrogens is 276 g/mol. The van der Waals surface area contributed by atoms with Gasteiger partial charge in [0, 0.05) is 5.75 Å². The van der Waals surface area contributed by atoms with Crippen LogP contribution >= 0.6 is 11.8 Å². The third-order valence-electron chi connectivity index (χ3n) is 4.38. The van der Waals surface area contributed by atoms with E-state index in [2.05, 4.69) is 5.32 Å². The summed E-state index contributed by atoms with van der Waals surface area (Å²) in [4.78, 5) is 26.1.